The number of unbranched alkanes of at least 4 members (excludes halogenated alkanes) is 10. The van der Waals surface area contributed by atoms with Gasteiger partial charge in [-0.05, 0) is 38.9 Å². The van der Waals surface area contributed by atoms with E-state index in [1.165, 1.54) is 96.7 Å². The van der Waals surface area contributed by atoms with Crippen molar-refractivity contribution in [1.82, 2.24) is 4.90 Å². The van der Waals surface area contributed by atoms with Gasteiger partial charge in [0.1, 0.15) is 0 Å². The molecule has 0 rings (SSSR count). The molecule has 0 aliphatic heterocycles. The van der Waals surface area contributed by atoms with Crippen molar-refractivity contribution < 1.29 is 0 Å². The molecule has 2 heteroatoms. The summed E-state index contributed by atoms with van der Waals surface area (Å²) in [5.74, 6) is 0. The first-order chi connectivity index (χ1) is 9.85. The molecule has 0 aliphatic carbocycles. The van der Waals surface area contributed by atoms with Crippen LogP contribution in [0.1, 0.15) is 97.3 Å². The van der Waals surface area contributed by atoms with Gasteiger partial charge in [-0.1, -0.05) is 85.0 Å². The molecule has 0 saturated carbocycles. The predicted octanol–water partition coefficient (Wildman–Crippen LogP) is 5.59. The Balaban J connectivity index is 0. The van der Waals surface area contributed by atoms with Gasteiger partial charge in [0.25, 0.3) is 0 Å². The SMILES string of the molecule is [CH2]CCN(CCCCCCCC)CCCCCCCC.[LiH]. The van der Waals surface area contributed by atoms with Gasteiger partial charge in [0, 0.05) is 0 Å². The Bertz CT molecular complexity index is 157. The van der Waals surface area contributed by atoms with Gasteiger partial charge in [-0.2, -0.15) is 0 Å². The second-order valence-corrected chi connectivity index (χ2v) is 6.23. The maximum atomic E-state index is 4.02. The molecule has 0 atom stereocenters. The second-order valence-electron chi connectivity index (χ2n) is 6.23. The van der Waals surface area contributed by atoms with E-state index in [2.05, 4.69) is 25.7 Å². The number of hydrogen-bond acceptors (Lipinski definition) is 1. The summed E-state index contributed by atoms with van der Waals surface area (Å²) in [4.78, 5) is 2.65. The fourth-order valence-corrected chi connectivity index (χ4v) is 2.79. The van der Waals surface area contributed by atoms with E-state index in [0.717, 1.165) is 6.42 Å². The van der Waals surface area contributed by atoms with Crippen LogP contribution in [0.15, 0.2) is 0 Å². The van der Waals surface area contributed by atoms with Crippen LogP contribution in [0.2, 0.25) is 0 Å². The summed E-state index contributed by atoms with van der Waals surface area (Å²) in [5, 5.41) is 0. The Morgan fingerprint density at radius 3 is 1.33 bits per heavy atom. The fraction of sp³-hybridized carbons (Fsp3) is 0.947. The van der Waals surface area contributed by atoms with Crippen LogP contribution in [-0.2, 0) is 0 Å². The van der Waals surface area contributed by atoms with Crippen molar-refractivity contribution in [3.8, 4) is 0 Å². The second kappa shape index (κ2) is 20.6. The molecule has 1 nitrogen and oxygen atoms in total. The summed E-state index contributed by atoms with van der Waals surface area (Å²) >= 11 is 0. The van der Waals surface area contributed by atoms with Crippen LogP contribution in [0.4, 0.5) is 0 Å². The van der Waals surface area contributed by atoms with Gasteiger partial charge in [-0.3, -0.25) is 0 Å². The summed E-state index contributed by atoms with van der Waals surface area (Å²) in [6, 6.07) is 0. The third kappa shape index (κ3) is 18.5. The Morgan fingerprint density at radius 1 is 0.571 bits per heavy atom. The molecule has 21 heavy (non-hydrogen) atoms. The molecule has 123 valence electrons. The van der Waals surface area contributed by atoms with E-state index in [1.54, 1.807) is 0 Å². The molecule has 0 unspecified atom stereocenters. The van der Waals surface area contributed by atoms with Crippen molar-refractivity contribution in [3.05, 3.63) is 6.92 Å². The molecule has 0 aromatic rings. The van der Waals surface area contributed by atoms with Crippen LogP contribution in [-0.4, -0.2) is 43.4 Å². The number of rotatable bonds is 16. The Labute approximate surface area is 147 Å². The zero-order chi connectivity index (χ0) is 14.9. The fourth-order valence-electron chi connectivity index (χ4n) is 2.79. The molecule has 1 radical (unpaired) electrons. The quantitative estimate of drug-likeness (QED) is 0.265. The normalized spacial score (nSPS) is 10.9. The summed E-state index contributed by atoms with van der Waals surface area (Å²) in [7, 11) is 0. The zero-order valence-electron chi connectivity index (χ0n) is 14.5. The summed E-state index contributed by atoms with van der Waals surface area (Å²) in [6.07, 6.45) is 18.0. The summed E-state index contributed by atoms with van der Waals surface area (Å²) in [6.45, 7) is 12.4. The minimum atomic E-state index is 0. The van der Waals surface area contributed by atoms with Crippen molar-refractivity contribution in [2.45, 2.75) is 97.3 Å². The Morgan fingerprint density at radius 2 is 0.952 bits per heavy atom. The van der Waals surface area contributed by atoms with E-state index in [0.29, 0.717) is 0 Å². The molecular weight excluding hydrogens is 249 g/mol. The van der Waals surface area contributed by atoms with Gasteiger partial charge in [0.2, 0.25) is 0 Å². The van der Waals surface area contributed by atoms with Gasteiger partial charge < -0.3 is 4.90 Å². The van der Waals surface area contributed by atoms with Crippen LogP contribution in [0.5, 0.6) is 0 Å². The molecule has 0 aromatic carbocycles. The first-order valence-electron chi connectivity index (χ1n) is 9.36. The van der Waals surface area contributed by atoms with Gasteiger partial charge in [-0.25, -0.2) is 0 Å². The van der Waals surface area contributed by atoms with Crippen molar-refractivity contribution in [1.29, 1.82) is 0 Å². The van der Waals surface area contributed by atoms with Crippen molar-refractivity contribution in [2.24, 2.45) is 0 Å². The minimum absolute atomic E-state index is 0. The third-order valence-corrected chi connectivity index (χ3v) is 4.13. The van der Waals surface area contributed by atoms with Gasteiger partial charge >= 0.3 is 18.9 Å². The van der Waals surface area contributed by atoms with E-state index in [1.807, 2.05) is 0 Å². The van der Waals surface area contributed by atoms with Crippen LogP contribution >= 0.6 is 0 Å². The predicted molar refractivity (Wildman–Crippen MR) is 100 cm³/mol. The van der Waals surface area contributed by atoms with Crippen molar-refractivity contribution >= 4 is 18.9 Å². The number of nitrogens with zero attached hydrogens (tertiary/aromatic N) is 1. The molecule has 0 bridgehead atoms. The van der Waals surface area contributed by atoms with E-state index in [-0.39, 0.29) is 18.9 Å². The van der Waals surface area contributed by atoms with Crippen molar-refractivity contribution in [3.63, 3.8) is 0 Å². The summed E-state index contributed by atoms with van der Waals surface area (Å²) in [5.41, 5.74) is 0. The molecule has 0 aromatic heterocycles. The van der Waals surface area contributed by atoms with Gasteiger partial charge in [0.15, 0.2) is 0 Å². The molecule has 0 spiro atoms. The Hall–Kier alpha value is 0.557. The average Bonchev–Trinajstić information content (AvgIpc) is 2.46. The molecule has 0 amide bonds. The van der Waals surface area contributed by atoms with Gasteiger partial charge in [0.05, 0.1) is 0 Å². The molecule has 0 aliphatic rings. The zero-order valence-corrected chi connectivity index (χ0v) is 14.5. The first kappa shape index (κ1) is 23.8. The molecule has 0 heterocycles. The van der Waals surface area contributed by atoms with Crippen LogP contribution in [0.3, 0.4) is 0 Å². The van der Waals surface area contributed by atoms with E-state index < -0.39 is 0 Å². The van der Waals surface area contributed by atoms with Crippen LogP contribution in [0.25, 0.3) is 0 Å². The standard InChI is InChI=1S/C19H40N.Li.H/c1-4-7-9-11-13-15-18-20(17-6-3)19-16-14-12-10-8-5-2;;/h3-19H2,1-2H3;;. The van der Waals surface area contributed by atoms with E-state index in [4.69, 9.17) is 0 Å². The van der Waals surface area contributed by atoms with E-state index in [9.17, 15) is 0 Å². The average molecular weight is 290 g/mol. The van der Waals surface area contributed by atoms with Gasteiger partial charge in [-0.15, -0.1) is 0 Å². The number of hydrogen-bond donors (Lipinski definition) is 0. The monoisotopic (exact) mass is 290 g/mol. The van der Waals surface area contributed by atoms with Crippen molar-refractivity contribution in [2.75, 3.05) is 19.6 Å². The maximum absolute atomic E-state index is 4.02. The van der Waals surface area contributed by atoms with Crippen LogP contribution in [0, 0.1) is 6.92 Å². The first-order valence-corrected chi connectivity index (χ1v) is 9.36. The van der Waals surface area contributed by atoms with Crippen LogP contribution < -0.4 is 0 Å². The van der Waals surface area contributed by atoms with E-state index >= 15 is 0 Å². The summed E-state index contributed by atoms with van der Waals surface area (Å²) < 4.78 is 0. The molecule has 0 fully saturated rings. The molecule has 0 saturated heterocycles. The third-order valence-electron chi connectivity index (χ3n) is 4.13. The molecular formula is C19H41LiN. The Kier molecular flexibility index (Phi) is 23.3. The molecule has 0 N–H and O–H groups in total. The topological polar surface area (TPSA) is 3.24 Å².